The predicted octanol–water partition coefficient (Wildman–Crippen LogP) is 4.78. The van der Waals surface area contributed by atoms with Crippen LogP contribution in [0.15, 0.2) is 53.1 Å². The Bertz CT molecular complexity index is 468. The molecular weight excluding hydrogens is 288 g/mol. The Kier molecular flexibility index (Phi) is 4.76. The van der Waals surface area contributed by atoms with E-state index in [0.717, 1.165) is 23.3 Å². The van der Waals surface area contributed by atoms with Crippen LogP contribution in [0.2, 0.25) is 0 Å². The highest BCUT2D eigenvalue weighted by atomic mass is 79.9. The molecule has 0 aliphatic rings. The summed E-state index contributed by atoms with van der Waals surface area (Å²) in [6.45, 7) is 3.20. The summed E-state index contributed by atoms with van der Waals surface area (Å²) >= 11 is 3.42. The van der Waals surface area contributed by atoms with Gasteiger partial charge in [-0.1, -0.05) is 31.5 Å². The van der Waals surface area contributed by atoms with Gasteiger partial charge in [-0.25, -0.2) is 4.98 Å². The Balaban J connectivity index is 2.27. The minimum Gasteiger partial charge on any atom is -0.326 e. The topological polar surface area (TPSA) is 16.1 Å². The zero-order chi connectivity index (χ0) is 12.8. The van der Waals surface area contributed by atoms with Gasteiger partial charge in [0.2, 0.25) is 0 Å². The molecule has 0 aliphatic carbocycles. The zero-order valence-electron chi connectivity index (χ0n) is 10.5. The van der Waals surface area contributed by atoms with Crippen molar-refractivity contribution in [2.45, 2.75) is 19.8 Å². The van der Waals surface area contributed by atoms with Gasteiger partial charge < -0.3 is 4.90 Å². The molecule has 0 spiro atoms. The molecule has 0 amide bonds. The quantitative estimate of drug-likeness (QED) is 0.790. The number of pyridine rings is 1. The van der Waals surface area contributed by atoms with Crippen LogP contribution in [0, 0.1) is 0 Å². The Morgan fingerprint density at radius 1 is 1.11 bits per heavy atom. The molecule has 0 aliphatic heterocycles. The maximum atomic E-state index is 4.49. The van der Waals surface area contributed by atoms with Gasteiger partial charge in [-0.05, 0) is 46.6 Å². The van der Waals surface area contributed by atoms with Gasteiger partial charge in [0, 0.05) is 22.9 Å². The van der Waals surface area contributed by atoms with Gasteiger partial charge in [-0.2, -0.15) is 0 Å². The van der Waals surface area contributed by atoms with Crippen LogP contribution in [0.3, 0.4) is 0 Å². The van der Waals surface area contributed by atoms with Crippen LogP contribution in [0.4, 0.5) is 11.5 Å². The smallest absolute Gasteiger partial charge is 0.132 e. The third kappa shape index (κ3) is 3.33. The first-order valence-corrected chi connectivity index (χ1v) is 7.04. The molecule has 0 radical (unpaired) electrons. The molecule has 2 rings (SSSR count). The van der Waals surface area contributed by atoms with Crippen molar-refractivity contribution in [1.82, 2.24) is 4.98 Å². The summed E-state index contributed by atoms with van der Waals surface area (Å²) in [6, 6.07) is 14.5. The first-order chi connectivity index (χ1) is 8.81. The van der Waals surface area contributed by atoms with Gasteiger partial charge in [0.05, 0.1) is 0 Å². The second-order valence-corrected chi connectivity index (χ2v) is 5.09. The van der Waals surface area contributed by atoms with E-state index in [1.54, 1.807) is 0 Å². The fourth-order valence-corrected chi connectivity index (χ4v) is 2.06. The van der Waals surface area contributed by atoms with E-state index in [1.807, 2.05) is 24.4 Å². The lowest BCUT2D eigenvalue weighted by molar-refractivity contribution is 0.779. The normalized spacial score (nSPS) is 10.3. The molecule has 0 atom stereocenters. The van der Waals surface area contributed by atoms with Gasteiger partial charge in [-0.3, -0.25) is 0 Å². The number of hydrogen-bond acceptors (Lipinski definition) is 2. The van der Waals surface area contributed by atoms with Crippen LogP contribution >= 0.6 is 15.9 Å². The van der Waals surface area contributed by atoms with Crippen molar-refractivity contribution in [2.24, 2.45) is 0 Å². The van der Waals surface area contributed by atoms with Crippen LogP contribution in [0.1, 0.15) is 19.8 Å². The molecule has 18 heavy (non-hydrogen) atoms. The minimum atomic E-state index is 0.995. The summed E-state index contributed by atoms with van der Waals surface area (Å²) in [4.78, 5) is 6.75. The third-order valence-electron chi connectivity index (χ3n) is 2.79. The number of nitrogens with zero attached hydrogens (tertiary/aromatic N) is 2. The summed E-state index contributed by atoms with van der Waals surface area (Å²) in [7, 11) is 0. The largest absolute Gasteiger partial charge is 0.326 e. The second-order valence-electron chi connectivity index (χ2n) is 4.18. The van der Waals surface area contributed by atoms with Crippen LogP contribution in [0.5, 0.6) is 0 Å². The van der Waals surface area contributed by atoms with E-state index in [9.17, 15) is 0 Å². The van der Waals surface area contributed by atoms with Crippen LogP contribution in [-0.4, -0.2) is 11.5 Å². The summed E-state index contributed by atoms with van der Waals surface area (Å²) in [5.74, 6) is 0.998. The zero-order valence-corrected chi connectivity index (χ0v) is 12.1. The molecule has 2 aromatic rings. The van der Waals surface area contributed by atoms with Gasteiger partial charge in [-0.15, -0.1) is 0 Å². The summed E-state index contributed by atoms with van der Waals surface area (Å²) < 4.78 is 1.01. The molecule has 0 N–H and O–H groups in total. The van der Waals surface area contributed by atoms with Crippen molar-refractivity contribution in [3.8, 4) is 0 Å². The fraction of sp³-hybridized carbons (Fsp3) is 0.267. The standard InChI is InChI=1S/C15H17BrN2/c1-2-3-11-18(14-7-5-4-6-8-14)15-10-9-13(16)12-17-15/h4-10,12H,2-3,11H2,1H3. The van der Waals surface area contributed by atoms with Crippen LogP contribution < -0.4 is 4.90 Å². The first kappa shape index (κ1) is 13.1. The number of hydrogen-bond donors (Lipinski definition) is 0. The van der Waals surface area contributed by atoms with E-state index in [-0.39, 0.29) is 0 Å². The molecule has 0 unspecified atom stereocenters. The molecule has 0 saturated heterocycles. The van der Waals surface area contributed by atoms with Gasteiger partial charge in [0.15, 0.2) is 0 Å². The Morgan fingerprint density at radius 2 is 1.89 bits per heavy atom. The lowest BCUT2D eigenvalue weighted by atomic mass is 10.2. The molecule has 0 saturated carbocycles. The minimum absolute atomic E-state index is 0.995. The summed E-state index contributed by atoms with van der Waals surface area (Å²) in [6.07, 6.45) is 4.18. The van der Waals surface area contributed by atoms with E-state index in [4.69, 9.17) is 0 Å². The lowest BCUT2D eigenvalue weighted by Gasteiger charge is -2.23. The molecule has 94 valence electrons. The predicted molar refractivity (Wildman–Crippen MR) is 80.3 cm³/mol. The van der Waals surface area contributed by atoms with Crippen LogP contribution in [-0.2, 0) is 0 Å². The first-order valence-electron chi connectivity index (χ1n) is 6.25. The number of unbranched alkanes of at least 4 members (excludes halogenated alkanes) is 1. The van der Waals surface area contributed by atoms with Crippen molar-refractivity contribution in [1.29, 1.82) is 0 Å². The molecular formula is C15H17BrN2. The number of halogens is 1. The maximum absolute atomic E-state index is 4.49. The average molecular weight is 305 g/mol. The van der Waals surface area contributed by atoms with Crippen molar-refractivity contribution in [3.05, 3.63) is 53.1 Å². The molecule has 3 heteroatoms. The Labute approximate surface area is 117 Å². The van der Waals surface area contributed by atoms with Crippen molar-refractivity contribution in [2.75, 3.05) is 11.4 Å². The summed E-state index contributed by atoms with van der Waals surface area (Å²) in [5.41, 5.74) is 1.20. The second kappa shape index (κ2) is 6.55. The maximum Gasteiger partial charge on any atom is 0.132 e. The molecule has 2 nitrogen and oxygen atoms in total. The molecule has 1 aromatic heterocycles. The van der Waals surface area contributed by atoms with E-state index in [0.29, 0.717) is 0 Å². The van der Waals surface area contributed by atoms with Crippen molar-refractivity contribution >= 4 is 27.4 Å². The molecule has 1 aromatic carbocycles. The van der Waals surface area contributed by atoms with Crippen molar-refractivity contribution in [3.63, 3.8) is 0 Å². The molecule has 0 fully saturated rings. The van der Waals surface area contributed by atoms with E-state index in [1.165, 1.54) is 12.1 Å². The highest BCUT2D eigenvalue weighted by Crippen LogP contribution is 2.24. The van der Waals surface area contributed by atoms with Crippen molar-refractivity contribution < 1.29 is 0 Å². The number of rotatable bonds is 5. The van der Waals surface area contributed by atoms with E-state index in [2.05, 4.69) is 57.0 Å². The van der Waals surface area contributed by atoms with Crippen LogP contribution in [0.25, 0.3) is 0 Å². The average Bonchev–Trinajstić information content (AvgIpc) is 2.42. The summed E-state index contributed by atoms with van der Waals surface area (Å²) in [5, 5.41) is 0. The van der Waals surface area contributed by atoms with Gasteiger partial charge in [0.1, 0.15) is 5.82 Å². The van der Waals surface area contributed by atoms with E-state index < -0.39 is 0 Å². The Hall–Kier alpha value is -1.35. The monoisotopic (exact) mass is 304 g/mol. The highest BCUT2D eigenvalue weighted by molar-refractivity contribution is 9.10. The molecule has 0 bridgehead atoms. The number of anilines is 2. The highest BCUT2D eigenvalue weighted by Gasteiger charge is 2.09. The number of para-hydroxylation sites is 1. The van der Waals surface area contributed by atoms with Gasteiger partial charge >= 0.3 is 0 Å². The Morgan fingerprint density at radius 3 is 2.50 bits per heavy atom. The SMILES string of the molecule is CCCCN(c1ccccc1)c1ccc(Br)cn1. The van der Waals surface area contributed by atoms with E-state index >= 15 is 0 Å². The fourth-order valence-electron chi connectivity index (χ4n) is 1.83. The van der Waals surface area contributed by atoms with Gasteiger partial charge in [0.25, 0.3) is 0 Å². The third-order valence-corrected chi connectivity index (χ3v) is 3.26. The molecule has 1 heterocycles. The lowest BCUT2D eigenvalue weighted by Crippen LogP contribution is -2.19. The number of aromatic nitrogens is 1. The number of benzene rings is 1.